The van der Waals surface area contributed by atoms with Crippen molar-refractivity contribution in [3.8, 4) is 0 Å². The fourth-order valence-electron chi connectivity index (χ4n) is 1.30. The Hall–Kier alpha value is -0.760. The van der Waals surface area contributed by atoms with E-state index in [1.165, 1.54) is 10.5 Å². The number of thioether (sulfide) groups is 1. The van der Waals surface area contributed by atoms with Crippen molar-refractivity contribution in [1.29, 1.82) is 0 Å². The summed E-state index contributed by atoms with van der Waals surface area (Å²) < 4.78 is 0. The lowest BCUT2D eigenvalue weighted by atomic mass is 10.0. The van der Waals surface area contributed by atoms with Gasteiger partial charge in [0.15, 0.2) is 0 Å². The second-order valence-corrected chi connectivity index (χ2v) is 3.65. The highest BCUT2D eigenvalue weighted by atomic mass is 32.2. The molecule has 0 amide bonds. The van der Waals surface area contributed by atoms with Crippen molar-refractivity contribution in [2.45, 2.75) is 10.8 Å². The molecule has 0 aliphatic carbocycles. The Labute approximate surface area is 69.8 Å². The molecule has 1 aromatic rings. The molecule has 0 saturated carbocycles. The Kier molecular flexibility index (Phi) is 1.70. The van der Waals surface area contributed by atoms with E-state index in [0.29, 0.717) is 0 Å². The third kappa shape index (κ3) is 1.07. The van der Waals surface area contributed by atoms with Gasteiger partial charge in [-0.25, -0.2) is 0 Å². The van der Waals surface area contributed by atoms with Crippen molar-refractivity contribution in [3.63, 3.8) is 0 Å². The smallest absolute Gasteiger partial charge is 0.128 e. The Balaban J connectivity index is 2.46. The van der Waals surface area contributed by atoms with Crippen LogP contribution in [-0.4, -0.2) is 12.0 Å². The average Bonchev–Trinajstić information content (AvgIpc) is 2.47. The van der Waals surface area contributed by atoms with Crippen LogP contribution in [0.1, 0.15) is 11.5 Å². The number of fused-ring (bicyclic) bond motifs is 1. The minimum atomic E-state index is 0.135. The van der Waals surface area contributed by atoms with Gasteiger partial charge in [0.2, 0.25) is 0 Å². The Bertz CT molecular complexity index is 283. The van der Waals surface area contributed by atoms with E-state index in [0.717, 1.165) is 12.0 Å². The van der Waals surface area contributed by atoms with Crippen LogP contribution in [-0.2, 0) is 4.79 Å². The summed E-state index contributed by atoms with van der Waals surface area (Å²) in [4.78, 5) is 11.8. The van der Waals surface area contributed by atoms with E-state index in [9.17, 15) is 4.79 Å². The van der Waals surface area contributed by atoms with Gasteiger partial charge < -0.3 is 4.79 Å². The number of carbonyl (C=O) groups excluding carboxylic acids is 1. The van der Waals surface area contributed by atoms with Crippen molar-refractivity contribution in [3.05, 3.63) is 29.8 Å². The van der Waals surface area contributed by atoms with Gasteiger partial charge in [0.05, 0.1) is 5.92 Å². The number of benzene rings is 1. The topological polar surface area (TPSA) is 17.1 Å². The van der Waals surface area contributed by atoms with Gasteiger partial charge in [-0.1, -0.05) is 18.2 Å². The molecule has 1 aliphatic rings. The molecule has 2 rings (SSSR count). The molecule has 0 bridgehead atoms. The Morgan fingerprint density at radius 2 is 2.27 bits per heavy atom. The summed E-state index contributed by atoms with van der Waals surface area (Å²) in [5, 5.41) is 0. The molecule has 0 aromatic heterocycles. The minimum Gasteiger partial charge on any atom is -0.303 e. The van der Waals surface area contributed by atoms with E-state index in [1.807, 2.05) is 18.2 Å². The molecule has 1 heterocycles. The van der Waals surface area contributed by atoms with Crippen LogP contribution in [0.5, 0.6) is 0 Å². The van der Waals surface area contributed by atoms with Gasteiger partial charge in [0.1, 0.15) is 6.29 Å². The Morgan fingerprint density at radius 1 is 1.45 bits per heavy atom. The van der Waals surface area contributed by atoms with Crippen LogP contribution >= 0.6 is 11.8 Å². The second-order valence-electron chi connectivity index (χ2n) is 2.59. The van der Waals surface area contributed by atoms with E-state index in [4.69, 9.17) is 0 Å². The highest BCUT2D eigenvalue weighted by molar-refractivity contribution is 7.99. The predicted octanol–water partition coefficient (Wildman–Crippen LogP) is 2.07. The summed E-state index contributed by atoms with van der Waals surface area (Å²) in [5.74, 6) is 1.05. The molecule has 1 aliphatic heterocycles. The van der Waals surface area contributed by atoms with E-state index in [-0.39, 0.29) is 5.92 Å². The molecule has 0 fully saturated rings. The number of hydrogen-bond donors (Lipinski definition) is 0. The maximum Gasteiger partial charge on any atom is 0.128 e. The first-order chi connectivity index (χ1) is 5.42. The summed E-state index contributed by atoms with van der Waals surface area (Å²) in [7, 11) is 0. The maximum atomic E-state index is 10.6. The van der Waals surface area contributed by atoms with E-state index < -0.39 is 0 Å². The molecule has 1 aromatic carbocycles. The fourth-order valence-corrected chi connectivity index (χ4v) is 2.48. The quantitative estimate of drug-likeness (QED) is 0.591. The Morgan fingerprint density at radius 3 is 3.09 bits per heavy atom. The standard InChI is InChI=1S/C9H8OS/c10-5-7-6-11-9-4-2-1-3-8(7)9/h1-5,7H,6H2. The van der Waals surface area contributed by atoms with E-state index >= 15 is 0 Å². The van der Waals surface area contributed by atoms with Gasteiger partial charge in [-0.2, -0.15) is 0 Å². The third-order valence-corrected chi connectivity index (χ3v) is 3.11. The first-order valence-electron chi connectivity index (χ1n) is 3.59. The zero-order valence-corrected chi connectivity index (χ0v) is 6.80. The zero-order valence-electron chi connectivity index (χ0n) is 5.99. The number of hydrogen-bond acceptors (Lipinski definition) is 2. The molecule has 0 saturated heterocycles. The minimum absolute atomic E-state index is 0.135. The van der Waals surface area contributed by atoms with Gasteiger partial charge in [-0.3, -0.25) is 0 Å². The van der Waals surface area contributed by atoms with Crippen LogP contribution in [0.4, 0.5) is 0 Å². The van der Waals surface area contributed by atoms with Crippen molar-refractivity contribution in [1.82, 2.24) is 0 Å². The molecule has 2 heteroatoms. The molecule has 1 nitrogen and oxygen atoms in total. The predicted molar refractivity (Wildman–Crippen MR) is 46.0 cm³/mol. The normalized spacial score (nSPS) is 21.3. The highest BCUT2D eigenvalue weighted by Gasteiger charge is 2.21. The van der Waals surface area contributed by atoms with Gasteiger partial charge in [-0.15, -0.1) is 11.8 Å². The van der Waals surface area contributed by atoms with Gasteiger partial charge in [0, 0.05) is 10.6 Å². The lowest BCUT2D eigenvalue weighted by Gasteiger charge is -1.98. The van der Waals surface area contributed by atoms with Gasteiger partial charge in [-0.05, 0) is 11.6 Å². The maximum absolute atomic E-state index is 10.6. The molecular formula is C9H8OS. The van der Waals surface area contributed by atoms with Gasteiger partial charge in [0.25, 0.3) is 0 Å². The first-order valence-corrected chi connectivity index (χ1v) is 4.57. The largest absolute Gasteiger partial charge is 0.303 e. The molecule has 56 valence electrons. The van der Waals surface area contributed by atoms with Crippen LogP contribution in [0, 0.1) is 0 Å². The van der Waals surface area contributed by atoms with Crippen LogP contribution in [0.15, 0.2) is 29.2 Å². The van der Waals surface area contributed by atoms with Crippen LogP contribution in [0.3, 0.4) is 0 Å². The van der Waals surface area contributed by atoms with Crippen LogP contribution < -0.4 is 0 Å². The fraction of sp³-hybridized carbons (Fsp3) is 0.222. The molecule has 11 heavy (non-hydrogen) atoms. The summed E-state index contributed by atoms with van der Waals surface area (Å²) >= 11 is 1.77. The van der Waals surface area contributed by atoms with Crippen molar-refractivity contribution >= 4 is 18.0 Å². The lowest BCUT2D eigenvalue weighted by molar-refractivity contribution is -0.108. The number of rotatable bonds is 1. The molecule has 0 radical (unpaired) electrons. The third-order valence-electron chi connectivity index (χ3n) is 1.90. The second kappa shape index (κ2) is 2.70. The van der Waals surface area contributed by atoms with E-state index in [2.05, 4.69) is 6.07 Å². The molecule has 1 atom stereocenters. The van der Waals surface area contributed by atoms with Crippen LogP contribution in [0.25, 0.3) is 0 Å². The number of carbonyl (C=O) groups is 1. The molecular weight excluding hydrogens is 156 g/mol. The van der Waals surface area contributed by atoms with E-state index in [1.54, 1.807) is 11.8 Å². The summed E-state index contributed by atoms with van der Waals surface area (Å²) in [6.45, 7) is 0. The van der Waals surface area contributed by atoms with Crippen molar-refractivity contribution in [2.24, 2.45) is 0 Å². The van der Waals surface area contributed by atoms with Gasteiger partial charge >= 0.3 is 0 Å². The summed E-state index contributed by atoms with van der Waals surface area (Å²) in [6.07, 6.45) is 1.04. The number of aldehydes is 1. The summed E-state index contributed by atoms with van der Waals surface area (Å²) in [5.41, 5.74) is 1.20. The lowest BCUT2D eigenvalue weighted by Crippen LogP contribution is -1.96. The highest BCUT2D eigenvalue weighted by Crippen LogP contribution is 2.37. The molecule has 1 unspecified atom stereocenters. The first kappa shape index (κ1) is 6.92. The molecule has 0 spiro atoms. The monoisotopic (exact) mass is 164 g/mol. The van der Waals surface area contributed by atoms with Crippen molar-refractivity contribution in [2.75, 3.05) is 5.75 Å². The zero-order chi connectivity index (χ0) is 7.68. The average molecular weight is 164 g/mol. The van der Waals surface area contributed by atoms with Crippen molar-refractivity contribution < 1.29 is 4.79 Å². The molecule has 0 N–H and O–H groups in total. The SMILES string of the molecule is O=CC1CSc2ccccc21. The van der Waals surface area contributed by atoms with Crippen LogP contribution in [0.2, 0.25) is 0 Å². The summed E-state index contributed by atoms with van der Waals surface area (Å²) in [6, 6.07) is 8.11.